The molecule has 4 heterocycles. The van der Waals surface area contributed by atoms with Crippen LogP contribution in [0.15, 0.2) is 49.3 Å². The van der Waals surface area contributed by atoms with Gasteiger partial charge >= 0.3 is 0 Å². The average Bonchev–Trinajstić information content (AvgIpc) is 3.34. The predicted molar refractivity (Wildman–Crippen MR) is 118 cm³/mol. The number of nitrogens with zero attached hydrogens (tertiary/aromatic N) is 7. The Balaban J connectivity index is 1.46. The van der Waals surface area contributed by atoms with Crippen LogP contribution in [0.4, 0.5) is 5.82 Å². The molecule has 1 atom stereocenters. The molecule has 2 N–H and O–H groups in total. The largest absolute Gasteiger partial charge is 0.372 e. The Morgan fingerprint density at radius 1 is 1.03 bits per heavy atom. The summed E-state index contributed by atoms with van der Waals surface area (Å²) >= 11 is 0. The summed E-state index contributed by atoms with van der Waals surface area (Å²) in [6.45, 7) is 8.45. The molecule has 0 bridgehead atoms. The molecule has 0 amide bonds. The summed E-state index contributed by atoms with van der Waals surface area (Å²) in [6, 6.07) is 3.99. The van der Waals surface area contributed by atoms with E-state index in [1.54, 1.807) is 30.9 Å². The van der Waals surface area contributed by atoms with Crippen LogP contribution in [0, 0.1) is 13.8 Å². The number of aliphatic hydroxyl groups is 1. The molecule has 0 radical (unpaired) electrons. The van der Waals surface area contributed by atoms with Crippen molar-refractivity contribution in [3.05, 3.63) is 60.7 Å². The van der Waals surface area contributed by atoms with E-state index in [1.165, 1.54) is 0 Å². The van der Waals surface area contributed by atoms with Crippen LogP contribution >= 0.6 is 0 Å². The Morgan fingerprint density at radius 2 is 1.87 bits per heavy atom. The third-order valence-electron chi connectivity index (χ3n) is 5.08. The molecule has 0 saturated heterocycles. The van der Waals surface area contributed by atoms with Gasteiger partial charge in [-0.25, -0.2) is 4.98 Å². The minimum absolute atomic E-state index is 0.290. The van der Waals surface area contributed by atoms with Crippen LogP contribution in [0.25, 0.3) is 22.4 Å². The molecular weight excluding hydrogens is 392 g/mol. The first-order valence-corrected chi connectivity index (χ1v) is 10.2. The molecule has 0 aromatic carbocycles. The van der Waals surface area contributed by atoms with Gasteiger partial charge in [-0.15, -0.1) is 0 Å². The Bertz CT molecular complexity index is 1150. The monoisotopic (exact) mass is 418 g/mol. The summed E-state index contributed by atoms with van der Waals surface area (Å²) in [5.41, 5.74) is 5.56. The zero-order valence-corrected chi connectivity index (χ0v) is 18.1. The van der Waals surface area contributed by atoms with Gasteiger partial charge in [0.2, 0.25) is 0 Å². The van der Waals surface area contributed by atoms with Crippen LogP contribution in [-0.4, -0.2) is 45.8 Å². The fraction of sp³-hybridized carbons (Fsp3) is 0.318. The number of aliphatic hydroxyl groups excluding tert-OH is 1. The number of pyridine rings is 1. The maximum absolute atomic E-state index is 10.6. The van der Waals surface area contributed by atoms with E-state index < -0.39 is 6.23 Å². The van der Waals surface area contributed by atoms with Crippen LogP contribution in [0.3, 0.4) is 0 Å². The van der Waals surface area contributed by atoms with Crippen molar-refractivity contribution in [3.8, 4) is 22.4 Å². The number of aromatic nitrogens is 7. The number of rotatable bonds is 7. The van der Waals surface area contributed by atoms with Gasteiger partial charge in [-0.05, 0) is 39.8 Å². The first-order chi connectivity index (χ1) is 14.9. The highest BCUT2D eigenvalue weighted by atomic mass is 16.3. The fourth-order valence-electron chi connectivity index (χ4n) is 3.50. The zero-order valence-electron chi connectivity index (χ0n) is 18.1. The van der Waals surface area contributed by atoms with Crippen LogP contribution in [0.2, 0.25) is 0 Å². The summed E-state index contributed by atoms with van der Waals surface area (Å²) in [4.78, 5) is 12.7. The molecule has 0 fully saturated rings. The van der Waals surface area contributed by atoms with Gasteiger partial charge in [0.05, 0.1) is 30.3 Å². The van der Waals surface area contributed by atoms with Gasteiger partial charge in [0.1, 0.15) is 12.0 Å². The molecule has 4 rings (SSSR count). The molecule has 4 aromatic heterocycles. The highest BCUT2D eigenvalue weighted by Crippen LogP contribution is 2.27. The van der Waals surface area contributed by atoms with Gasteiger partial charge in [-0.3, -0.25) is 19.3 Å². The van der Waals surface area contributed by atoms with Gasteiger partial charge in [-0.2, -0.15) is 10.2 Å². The molecule has 0 spiro atoms. The molecule has 0 aliphatic rings. The number of hydrogen-bond donors (Lipinski definition) is 2. The smallest absolute Gasteiger partial charge is 0.145 e. The maximum Gasteiger partial charge on any atom is 0.145 e. The summed E-state index contributed by atoms with van der Waals surface area (Å²) < 4.78 is 3.74. The topological polar surface area (TPSA) is 107 Å². The Morgan fingerprint density at radius 3 is 2.52 bits per heavy atom. The third kappa shape index (κ3) is 4.46. The molecule has 9 nitrogen and oxygen atoms in total. The van der Waals surface area contributed by atoms with Crippen LogP contribution in [-0.2, 0) is 6.54 Å². The van der Waals surface area contributed by atoms with E-state index in [0.717, 1.165) is 33.8 Å². The standard InChI is InChI=1S/C22H26N8O/c1-14(2)29-12-18(10-26-29)22-15(3)28-30(16(22)4)13-21(31)27-20-6-5-17(9-25-20)19-11-23-7-8-24-19/h5-12,14,21,31H,13H2,1-4H3,(H,25,27). The highest BCUT2D eigenvalue weighted by molar-refractivity contribution is 5.67. The van der Waals surface area contributed by atoms with Gasteiger partial charge in [0.25, 0.3) is 0 Å². The SMILES string of the molecule is Cc1nn(CC(O)Nc2ccc(-c3cnccn3)cn2)c(C)c1-c1cnn(C(C)C)c1. The Labute approximate surface area is 180 Å². The number of nitrogens with one attached hydrogen (secondary N) is 1. The first kappa shape index (κ1) is 20.7. The molecule has 31 heavy (non-hydrogen) atoms. The normalized spacial score (nSPS) is 12.3. The lowest BCUT2D eigenvalue weighted by Crippen LogP contribution is -2.26. The van der Waals surface area contributed by atoms with E-state index in [9.17, 15) is 5.11 Å². The second-order valence-electron chi connectivity index (χ2n) is 7.71. The predicted octanol–water partition coefficient (Wildman–Crippen LogP) is 3.23. The first-order valence-electron chi connectivity index (χ1n) is 10.2. The van der Waals surface area contributed by atoms with Crippen LogP contribution < -0.4 is 5.32 Å². The molecular formula is C22H26N8O. The summed E-state index contributed by atoms with van der Waals surface area (Å²) in [6.07, 6.45) is 9.70. The van der Waals surface area contributed by atoms with Crippen molar-refractivity contribution in [2.24, 2.45) is 0 Å². The van der Waals surface area contributed by atoms with Gasteiger partial charge < -0.3 is 10.4 Å². The molecule has 9 heteroatoms. The van der Waals surface area contributed by atoms with Crippen LogP contribution in [0.1, 0.15) is 31.3 Å². The van der Waals surface area contributed by atoms with E-state index >= 15 is 0 Å². The lowest BCUT2D eigenvalue weighted by molar-refractivity contribution is 0.175. The van der Waals surface area contributed by atoms with Gasteiger partial charge in [0, 0.05) is 53.2 Å². The van der Waals surface area contributed by atoms with E-state index in [-0.39, 0.29) is 0 Å². The lowest BCUT2D eigenvalue weighted by atomic mass is 10.1. The summed E-state index contributed by atoms with van der Waals surface area (Å²) in [5, 5.41) is 22.6. The van der Waals surface area contributed by atoms with Crippen molar-refractivity contribution < 1.29 is 5.11 Å². The van der Waals surface area contributed by atoms with Crippen molar-refractivity contribution in [1.82, 2.24) is 34.5 Å². The highest BCUT2D eigenvalue weighted by Gasteiger charge is 2.17. The van der Waals surface area contributed by atoms with Crippen molar-refractivity contribution >= 4 is 5.82 Å². The Kier molecular flexibility index (Phi) is 5.77. The van der Waals surface area contributed by atoms with Gasteiger partial charge in [0.15, 0.2) is 0 Å². The maximum atomic E-state index is 10.6. The Hall–Kier alpha value is -3.59. The molecule has 0 aliphatic carbocycles. The minimum Gasteiger partial charge on any atom is -0.372 e. The van der Waals surface area contributed by atoms with E-state index in [1.807, 2.05) is 41.7 Å². The molecule has 0 saturated carbocycles. The van der Waals surface area contributed by atoms with Crippen molar-refractivity contribution in [2.75, 3.05) is 5.32 Å². The van der Waals surface area contributed by atoms with Crippen molar-refractivity contribution in [2.45, 2.75) is 46.5 Å². The van der Waals surface area contributed by atoms with Crippen molar-refractivity contribution in [1.29, 1.82) is 0 Å². The molecule has 160 valence electrons. The molecule has 4 aromatic rings. The van der Waals surface area contributed by atoms with E-state index in [4.69, 9.17) is 0 Å². The van der Waals surface area contributed by atoms with Gasteiger partial charge in [-0.1, -0.05) is 0 Å². The minimum atomic E-state index is -0.848. The summed E-state index contributed by atoms with van der Waals surface area (Å²) in [7, 11) is 0. The second kappa shape index (κ2) is 8.65. The second-order valence-corrected chi connectivity index (χ2v) is 7.71. The fourth-order valence-corrected chi connectivity index (χ4v) is 3.50. The molecule has 1 unspecified atom stereocenters. The average molecular weight is 419 g/mol. The van der Waals surface area contributed by atoms with Crippen LogP contribution in [0.5, 0.6) is 0 Å². The van der Waals surface area contributed by atoms with E-state index in [2.05, 4.69) is 44.3 Å². The lowest BCUT2D eigenvalue weighted by Gasteiger charge is -2.15. The zero-order chi connectivity index (χ0) is 22.0. The number of aryl methyl sites for hydroxylation is 1. The third-order valence-corrected chi connectivity index (χ3v) is 5.08. The quantitative estimate of drug-likeness (QED) is 0.444. The summed E-state index contributed by atoms with van der Waals surface area (Å²) in [5.74, 6) is 0.570. The number of anilines is 1. The van der Waals surface area contributed by atoms with E-state index in [0.29, 0.717) is 18.4 Å². The number of hydrogen-bond acceptors (Lipinski definition) is 7. The molecule has 0 aliphatic heterocycles. The van der Waals surface area contributed by atoms with Crippen molar-refractivity contribution in [3.63, 3.8) is 0 Å².